The van der Waals surface area contributed by atoms with Crippen LogP contribution < -0.4 is 15.5 Å². The van der Waals surface area contributed by atoms with Crippen molar-refractivity contribution >= 4 is 17.5 Å². The molecule has 29 heavy (non-hydrogen) atoms. The van der Waals surface area contributed by atoms with Crippen LogP contribution in [0.15, 0.2) is 78.9 Å². The minimum absolute atomic E-state index is 0.198. The molecular weight excluding hydrogens is 366 g/mol. The van der Waals surface area contributed by atoms with Crippen LogP contribution in [-0.2, 0) is 4.79 Å². The molecule has 0 aromatic heterocycles. The molecule has 3 aromatic carbocycles. The number of ether oxygens (including phenoxy) is 1. The number of amides is 2. The topological polar surface area (TPSA) is 70.7 Å². The largest absolute Gasteiger partial charge is 0.484 e. The summed E-state index contributed by atoms with van der Waals surface area (Å²) in [4.78, 5) is 25.6. The van der Waals surface area contributed by atoms with Gasteiger partial charge in [-0.25, -0.2) is 5.01 Å². The zero-order chi connectivity index (χ0) is 20.2. The van der Waals surface area contributed by atoms with Crippen LogP contribution in [-0.4, -0.2) is 23.4 Å². The number of rotatable bonds is 5. The van der Waals surface area contributed by atoms with Gasteiger partial charge in [0.2, 0.25) is 0 Å². The van der Waals surface area contributed by atoms with Gasteiger partial charge in [0, 0.05) is 5.69 Å². The van der Waals surface area contributed by atoms with Crippen LogP contribution in [0, 0.1) is 6.92 Å². The second-order valence-electron chi connectivity index (χ2n) is 6.82. The van der Waals surface area contributed by atoms with E-state index in [-0.39, 0.29) is 12.5 Å². The fourth-order valence-corrected chi connectivity index (χ4v) is 3.19. The molecule has 0 fully saturated rings. The summed E-state index contributed by atoms with van der Waals surface area (Å²) in [6.07, 6.45) is -0.526. The second kappa shape index (κ2) is 8.06. The number of carbonyl (C=O) groups is 2. The molecule has 2 amide bonds. The lowest BCUT2D eigenvalue weighted by Crippen LogP contribution is -2.53. The Kier molecular flexibility index (Phi) is 5.16. The Morgan fingerprint density at radius 1 is 1.00 bits per heavy atom. The van der Waals surface area contributed by atoms with E-state index in [2.05, 4.69) is 10.7 Å². The number of anilines is 1. The number of aryl methyl sites for hydroxylation is 1. The lowest BCUT2D eigenvalue weighted by atomic mass is 10.1. The molecule has 0 aliphatic carbocycles. The molecule has 0 saturated heterocycles. The number of carbonyl (C=O) groups excluding carboxylic acids is 2. The SMILES string of the molecule is Cc1ccc(OCC(=O)NN2C(=O)c3ccccc3NC2c2ccccc2)cc1. The van der Waals surface area contributed by atoms with Crippen LogP contribution in [0.5, 0.6) is 5.75 Å². The van der Waals surface area contributed by atoms with Crippen molar-refractivity contribution in [1.29, 1.82) is 0 Å². The summed E-state index contributed by atoms with van der Waals surface area (Å²) in [7, 11) is 0. The van der Waals surface area contributed by atoms with Crippen molar-refractivity contribution in [3.63, 3.8) is 0 Å². The fraction of sp³-hybridized carbons (Fsp3) is 0.130. The molecule has 1 aliphatic heterocycles. The summed E-state index contributed by atoms with van der Waals surface area (Å²) in [5.74, 6) is -0.100. The number of benzene rings is 3. The summed E-state index contributed by atoms with van der Waals surface area (Å²) >= 11 is 0. The van der Waals surface area contributed by atoms with E-state index in [0.29, 0.717) is 11.3 Å². The highest BCUT2D eigenvalue weighted by Gasteiger charge is 2.34. The van der Waals surface area contributed by atoms with E-state index >= 15 is 0 Å². The summed E-state index contributed by atoms with van der Waals surface area (Å²) in [6, 6.07) is 24.2. The molecule has 4 rings (SSSR count). The van der Waals surface area contributed by atoms with Gasteiger partial charge >= 0.3 is 0 Å². The molecule has 2 N–H and O–H groups in total. The monoisotopic (exact) mass is 387 g/mol. The van der Waals surface area contributed by atoms with E-state index < -0.39 is 12.1 Å². The van der Waals surface area contributed by atoms with Crippen molar-refractivity contribution in [3.8, 4) is 5.75 Å². The van der Waals surface area contributed by atoms with E-state index in [9.17, 15) is 9.59 Å². The van der Waals surface area contributed by atoms with Crippen LogP contribution in [0.1, 0.15) is 27.7 Å². The first kappa shape index (κ1) is 18.6. The predicted octanol–water partition coefficient (Wildman–Crippen LogP) is 3.67. The lowest BCUT2D eigenvalue weighted by molar-refractivity contribution is -0.127. The van der Waals surface area contributed by atoms with Crippen molar-refractivity contribution in [2.45, 2.75) is 13.1 Å². The molecule has 0 saturated carbocycles. The molecule has 6 heteroatoms. The molecule has 0 spiro atoms. The Balaban J connectivity index is 1.53. The standard InChI is InChI=1S/C23H21N3O3/c1-16-11-13-18(14-12-16)29-15-21(27)25-26-22(17-7-3-2-4-8-17)24-20-10-6-5-9-19(20)23(26)28/h2-14,22,24H,15H2,1H3,(H,25,27). The highest BCUT2D eigenvalue weighted by molar-refractivity contribution is 6.02. The number of para-hydroxylation sites is 1. The average Bonchev–Trinajstić information content (AvgIpc) is 2.76. The molecule has 0 bridgehead atoms. The molecular formula is C23H21N3O3. The maximum absolute atomic E-state index is 13.1. The average molecular weight is 387 g/mol. The highest BCUT2D eigenvalue weighted by atomic mass is 16.5. The quantitative estimate of drug-likeness (QED) is 0.701. The van der Waals surface area contributed by atoms with Crippen LogP contribution >= 0.6 is 0 Å². The van der Waals surface area contributed by atoms with Crippen LogP contribution in [0.2, 0.25) is 0 Å². The normalized spacial score (nSPS) is 15.3. The Hall–Kier alpha value is -3.80. The molecule has 1 atom stereocenters. The maximum Gasteiger partial charge on any atom is 0.276 e. The van der Waals surface area contributed by atoms with E-state index in [4.69, 9.17) is 4.74 Å². The molecule has 3 aromatic rings. The van der Waals surface area contributed by atoms with Crippen molar-refractivity contribution < 1.29 is 14.3 Å². The Morgan fingerprint density at radius 2 is 1.69 bits per heavy atom. The van der Waals surface area contributed by atoms with Gasteiger partial charge in [-0.2, -0.15) is 0 Å². The minimum atomic E-state index is -0.526. The van der Waals surface area contributed by atoms with Gasteiger partial charge in [-0.3, -0.25) is 15.0 Å². The smallest absolute Gasteiger partial charge is 0.276 e. The van der Waals surface area contributed by atoms with Crippen molar-refractivity contribution in [1.82, 2.24) is 10.4 Å². The summed E-state index contributed by atoms with van der Waals surface area (Å²) < 4.78 is 5.54. The Morgan fingerprint density at radius 3 is 2.45 bits per heavy atom. The minimum Gasteiger partial charge on any atom is -0.484 e. The molecule has 146 valence electrons. The molecule has 1 unspecified atom stereocenters. The fourth-order valence-electron chi connectivity index (χ4n) is 3.19. The lowest BCUT2D eigenvalue weighted by Gasteiger charge is -2.37. The third-order valence-electron chi connectivity index (χ3n) is 4.68. The zero-order valence-electron chi connectivity index (χ0n) is 16.0. The van der Waals surface area contributed by atoms with E-state index in [1.807, 2.05) is 61.5 Å². The molecule has 6 nitrogen and oxygen atoms in total. The van der Waals surface area contributed by atoms with Gasteiger partial charge in [-0.05, 0) is 36.8 Å². The van der Waals surface area contributed by atoms with Gasteiger partial charge in [0.1, 0.15) is 11.9 Å². The summed E-state index contributed by atoms with van der Waals surface area (Å²) in [5.41, 5.74) is 5.89. The first-order valence-corrected chi connectivity index (χ1v) is 9.35. The first-order valence-electron chi connectivity index (χ1n) is 9.35. The highest BCUT2D eigenvalue weighted by Crippen LogP contribution is 2.31. The van der Waals surface area contributed by atoms with Gasteiger partial charge in [0.25, 0.3) is 11.8 Å². The third-order valence-corrected chi connectivity index (χ3v) is 4.68. The van der Waals surface area contributed by atoms with Gasteiger partial charge in [0.15, 0.2) is 6.61 Å². The number of hydrogen-bond donors (Lipinski definition) is 2. The van der Waals surface area contributed by atoms with Gasteiger partial charge in [0.05, 0.1) is 5.56 Å². The van der Waals surface area contributed by atoms with Gasteiger partial charge < -0.3 is 10.1 Å². The van der Waals surface area contributed by atoms with Gasteiger partial charge in [-0.1, -0.05) is 60.2 Å². The number of nitrogens with one attached hydrogen (secondary N) is 2. The summed E-state index contributed by atoms with van der Waals surface area (Å²) in [5, 5.41) is 4.65. The number of hydrazine groups is 1. The zero-order valence-corrected chi connectivity index (χ0v) is 16.0. The Bertz CT molecular complexity index is 1020. The van der Waals surface area contributed by atoms with Crippen molar-refractivity contribution in [2.75, 3.05) is 11.9 Å². The Labute approximate surface area is 169 Å². The number of hydrogen-bond acceptors (Lipinski definition) is 4. The molecule has 0 radical (unpaired) electrons. The number of nitrogens with zero attached hydrogens (tertiary/aromatic N) is 1. The third kappa shape index (κ3) is 4.06. The summed E-state index contributed by atoms with van der Waals surface area (Å²) in [6.45, 7) is 1.78. The maximum atomic E-state index is 13.1. The predicted molar refractivity (Wildman–Crippen MR) is 110 cm³/mol. The van der Waals surface area contributed by atoms with Gasteiger partial charge in [-0.15, -0.1) is 0 Å². The van der Waals surface area contributed by atoms with E-state index in [0.717, 1.165) is 16.8 Å². The number of fused-ring (bicyclic) bond motifs is 1. The van der Waals surface area contributed by atoms with Crippen molar-refractivity contribution in [2.24, 2.45) is 0 Å². The molecule has 1 aliphatic rings. The van der Waals surface area contributed by atoms with Crippen LogP contribution in [0.4, 0.5) is 5.69 Å². The second-order valence-corrected chi connectivity index (χ2v) is 6.82. The molecule has 1 heterocycles. The van der Waals surface area contributed by atoms with Crippen LogP contribution in [0.25, 0.3) is 0 Å². The van der Waals surface area contributed by atoms with E-state index in [1.165, 1.54) is 5.01 Å². The van der Waals surface area contributed by atoms with Crippen LogP contribution in [0.3, 0.4) is 0 Å². The first-order chi connectivity index (χ1) is 14.1. The van der Waals surface area contributed by atoms with Crippen molar-refractivity contribution in [3.05, 3.63) is 95.6 Å². The van der Waals surface area contributed by atoms with E-state index in [1.54, 1.807) is 24.3 Å².